The molecule has 0 unspecified atom stereocenters. The molecule has 1 saturated heterocycles. The molecule has 0 saturated carbocycles. The van der Waals surface area contributed by atoms with Gasteiger partial charge in [-0.15, -0.1) is 11.3 Å². The average Bonchev–Trinajstić information content (AvgIpc) is 3.38. The number of nitrogens with one attached hydrogen (secondary N) is 2. The SMILES string of the molecule is COc1cc2[nH]c(C)cc2c(C)c1CN1CCC(Nc2ncnc3sc(CC(F)(F)F)cc23)CC1. The molecule has 35 heavy (non-hydrogen) atoms. The molecule has 6 nitrogen and oxygen atoms in total. The van der Waals surface area contributed by atoms with Gasteiger partial charge in [0.1, 0.15) is 22.7 Å². The lowest BCUT2D eigenvalue weighted by Crippen LogP contribution is -2.39. The Morgan fingerprint density at radius 2 is 1.91 bits per heavy atom. The Kier molecular flexibility index (Phi) is 6.35. The van der Waals surface area contributed by atoms with Crippen molar-refractivity contribution in [2.75, 3.05) is 25.5 Å². The molecule has 3 aromatic heterocycles. The highest BCUT2D eigenvalue weighted by Gasteiger charge is 2.29. The summed E-state index contributed by atoms with van der Waals surface area (Å²) >= 11 is 1.08. The Labute approximate surface area is 205 Å². The monoisotopic (exact) mass is 503 g/mol. The van der Waals surface area contributed by atoms with Crippen LogP contribution in [-0.2, 0) is 13.0 Å². The standard InChI is InChI=1S/C25H28F3N5OS/c1-14-8-18-15(2)20(22(34-3)10-21(18)31-14)12-33-6-4-16(5-7-33)32-23-19-9-17(11-25(26,27)28)35-24(19)30-13-29-23/h8-10,13,16,31H,4-7,11-12H2,1-3H3,(H,29,30,32). The Bertz CT molecular complexity index is 1350. The molecule has 0 aliphatic carbocycles. The number of aromatic nitrogens is 3. The van der Waals surface area contributed by atoms with E-state index in [0.29, 0.717) is 16.0 Å². The van der Waals surface area contributed by atoms with Gasteiger partial charge in [0, 0.05) is 58.8 Å². The van der Waals surface area contributed by atoms with Crippen molar-refractivity contribution in [2.24, 2.45) is 0 Å². The van der Waals surface area contributed by atoms with E-state index in [9.17, 15) is 13.2 Å². The summed E-state index contributed by atoms with van der Waals surface area (Å²) in [5.41, 5.74) is 4.66. The van der Waals surface area contributed by atoms with E-state index >= 15 is 0 Å². The van der Waals surface area contributed by atoms with E-state index in [1.54, 1.807) is 13.2 Å². The zero-order chi connectivity index (χ0) is 24.7. The predicted octanol–water partition coefficient (Wildman–Crippen LogP) is 5.98. The van der Waals surface area contributed by atoms with Gasteiger partial charge in [-0.3, -0.25) is 4.90 Å². The van der Waals surface area contributed by atoms with E-state index in [0.717, 1.165) is 60.8 Å². The van der Waals surface area contributed by atoms with Crippen LogP contribution in [0.3, 0.4) is 0 Å². The normalized spacial score (nSPS) is 15.8. The predicted molar refractivity (Wildman–Crippen MR) is 133 cm³/mol. The highest BCUT2D eigenvalue weighted by atomic mass is 32.1. The summed E-state index contributed by atoms with van der Waals surface area (Å²) in [5, 5.41) is 5.35. The minimum absolute atomic E-state index is 0.202. The second-order valence-corrected chi connectivity index (χ2v) is 10.4. The van der Waals surface area contributed by atoms with E-state index < -0.39 is 12.6 Å². The van der Waals surface area contributed by atoms with Crippen molar-refractivity contribution in [3.05, 3.63) is 46.2 Å². The second-order valence-electron chi connectivity index (χ2n) is 9.24. The van der Waals surface area contributed by atoms with Crippen LogP contribution in [0, 0.1) is 13.8 Å². The minimum atomic E-state index is -4.24. The average molecular weight is 504 g/mol. The lowest BCUT2D eigenvalue weighted by molar-refractivity contribution is -0.126. The number of fused-ring (bicyclic) bond motifs is 2. The smallest absolute Gasteiger partial charge is 0.393 e. The van der Waals surface area contributed by atoms with Crippen molar-refractivity contribution < 1.29 is 17.9 Å². The minimum Gasteiger partial charge on any atom is -0.496 e. The number of halogens is 3. The first kappa shape index (κ1) is 23.9. The zero-order valence-electron chi connectivity index (χ0n) is 19.9. The molecule has 0 amide bonds. The summed E-state index contributed by atoms with van der Waals surface area (Å²) in [6.07, 6.45) is -1.93. The van der Waals surface area contributed by atoms with Crippen molar-refractivity contribution in [3.63, 3.8) is 0 Å². The number of methoxy groups -OCH3 is 1. The van der Waals surface area contributed by atoms with E-state index in [4.69, 9.17) is 4.74 Å². The molecule has 186 valence electrons. The largest absolute Gasteiger partial charge is 0.496 e. The third kappa shape index (κ3) is 5.08. The molecule has 0 spiro atoms. The first-order chi connectivity index (χ1) is 16.7. The zero-order valence-corrected chi connectivity index (χ0v) is 20.7. The van der Waals surface area contributed by atoms with Crippen LogP contribution in [0.15, 0.2) is 24.5 Å². The molecule has 2 N–H and O–H groups in total. The number of thiophene rings is 1. The Morgan fingerprint density at radius 1 is 1.14 bits per heavy atom. The van der Waals surface area contributed by atoms with Crippen LogP contribution in [-0.4, -0.2) is 52.3 Å². The molecule has 10 heteroatoms. The van der Waals surface area contributed by atoms with Gasteiger partial charge in [0.15, 0.2) is 0 Å². The van der Waals surface area contributed by atoms with E-state index in [1.165, 1.54) is 22.8 Å². The molecule has 5 rings (SSSR count). The number of ether oxygens (including phenoxy) is 1. The summed E-state index contributed by atoms with van der Waals surface area (Å²) in [4.78, 5) is 15.2. The highest BCUT2D eigenvalue weighted by Crippen LogP contribution is 2.34. The molecule has 1 aromatic carbocycles. The first-order valence-corrected chi connectivity index (χ1v) is 12.5. The van der Waals surface area contributed by atoms with Gasteiger partial charge in [-0.1, -0.05) is 0 Å². The number of hydrogen-bond acceptors (Lipinski definition) is 6. The molecular weight excluding hydrogens is 475 g/mol. The molecule has 4 heterocycles. The number of alkyl halides is 3. The van der Waals surface area contributed by atoms with E-state index in [-0.39, 0.29) is 10.9 Å². The Hall–Kier alpha value is -2.85. The summed E-state index contributed by atoms with van der Waals surface area (Å²) in [7, 11) is 1.71. The molecule has 1 aliphatic heterocycles. The maximum atomic E-state index is 12.8. The van der Waals surface area contributed by atoms with Crippen LogP contribution >= 0.6 is 11.3 Å². The van der Waals surface area contributed by atoms with Crippen LogP contribution in [0.2, 0.25) is 0 Å². The molecule has 1 fully saturated rings. The van der Waals surface area contributed by atoms with Gasteiger partial charge in [-0.25, -0.2) is 9.97 Å². The van der Waals surface area contributed by atoms with Crippen molar-refractivity contribution in [3.8, 4) is 5.75 Å². The van der Waals surface area contributed by atoms with Gasteiger partial charge >= 0.3 is 6.18 Å². The number of hydrogen-bond donors (Lipinski definition) is 2. The quantitative estimate of drug-likeness (QED) is 0.339. The summed E-state index contributed by atoms with van der Waals surface area (Å²) < 4.78 is 44.2. The van der Waals surface area contributed by atoms with Gasteiger partial charge in [-0.05, 0) is 44.4 Å². The number of nitrogens with zero attached hydrogens (tertiary/aromatic N) is 3. The summed E-state index contributed by atoms with van der Waals surface area (Å²) in [6, 6.07) is 6.02. The molecule has 1 aliphatic rings. The molecule has 0 radical (unpaired) electrons. The van der Waals surface area contributed by atoms with Crippen LogP contribution in [0.4, 0.5) is 19.0 Å². The number of rotatable bonds is 6. The fourth-order valence-corrected chi connectivity index (χ4v) is 5.96. The fourth-order valence-electron chi connectivity index (χ4n) is 4.94. The number of piperidine rings is 1. The number of likely N-dealkylation sites (tertiary alicyclic amines) is 1. The summed E-state index contributed by atoms with van der Waals surface area (Å²) in [5.74, 6) is 1.51. The van der Waals surface area contributed by atoms with Gasteiger partial charge < -0.3 is 15.0 Å². The van der Waals surface area contributed by atoms with Crippen molar-refractivity contribution in [1.82, 2.24) is 19.9 Å². The lowest BCUT2D eigenvalue weighted by atomic mass is 10.00. The number of aryl methyl sites for hydroxylation is 2. The van der Waals surface area contributed by atoms with Gasteiger partial charge in [0.05, 0.1) is 18.9 Å². The maximum absolute atomic E-state index is 12.8. The maximum Gasteiger partial charge on any atom is 0.393 e. The van der Waals surface area contributed by atoms with Crippen molar-refractivity contribution in [1.29, 1.82) is 0 Å². The van der Waals surface area contributed by atoms with Gasteiger partial charge in [-0.2, -0.15) is 13.2 Å². The molecule has 0 bridgehead atoms. The molecule has 4 aromatic rings. The van der Waals surface area contributed by atoms with Crippen LogP contribution in [0.5, 0.6) is 5.75 Å². The third-order valence-electron chi connectivity index (χ3n) is 6.70. The summed E-state index contributed by atoms with van der Waals surface area (Å²) in [6.45, 7) is 6.83. The number of H-pyrrole nitrogens is 1. The van der Waals surface area contributed by atoms with Gasteiger partial charge in [0.2, 0.25) is 0 Å². The lowest BCUT2D eigenvalue weighted by Gasteiger charge is -2.33. The first-order valence-electron chi connectivity index (χ1n) is 11.6. The second kappa shape index (κ2) is 9.31. The number of anilines is 1. The van der Waals surface area contributed by atoms with Crippen LogP contribution in [0.1, 0.15) is 34.5 Å². The molecular formula is C25H28F3N5OS. The van der Waals surface area contributed by atoms with E-state index in [1.807, 2.05) is 0 Å². The Balaban J connectivity index is 1.26. The number of benzene rings is 1. The van der Waals surface area contributed by atoms with E-state index in [2.05, 4.69) is 51.1 Å². The van der Waals surface area contributed by atoms with Crippen molar-refractivity contribution in [2.45, 2.75) is 51.9 Å². The Morgan fingerprint density at radius 3 is 2.63 bits per heavy atom. The number of aromatic amines is 1. The van der Waals surface area contributed by atoms with Crippen LogP contribution in [0.25, 0.3) is 21.1 Å². The van der Waals surface area contributed by atoms with Crippen molar-refractivity contribution >= 4 is 38.3 Å². The van der Waals surface area contributed by atoms with Crippen LogP contribution < -0.4 is 10.1 Å². The highest BCUT2D eigenvalue weighted by molar-refractivity contribution is 7.18. The van der Waals surface area contributed by atoms with Gasteiger partial charge in [0.25, 0.3) is 0 Å². The third-order valence-corrected chi connectivity index (χ3v) is 7.74. The fraction of sp³-hybridized carbons (Fsp3) is 0.440. The topological polar surface area (TPSA) is 66.1 Å². The molecule has 0 atom stereocenters.